The Labute approximate surface area is 158 Å². The van der Waals surface area contributed by atoms with E-state index >= 15 is 0 Å². The fourth-order valence-corrected chi connectivity index (χ4v) is 2.89. The van der Waals surface area contributed by atoms with Crippen molar-refractivity contribution in [2.24, 2.45) is 5.73 Å². The Morgan fingerprint density at radius 1 is 1.11 bits per heavy atom. The molecule has 0 amide bonds. The number of rotatable bonds is 6. The SMILES string of the molecule is NC(O)NNc1ccc2ccccc2c1OC1OC(C(=O)O)C(O)C(O)C1O. The average Bonchev–Trinajstić information content (AvgIpc) is 2.67. The first-order valence-electron chi connectivity index (χ1n) is 8.35. The van der Waals surface area contributed by atoms with Crippen molar-refractivity contribution in [1.82, 2.24) is 5.43 Å². The van der Waals surface area contributed by atoms with Crippen molar-refractivity contribution in [2.75, 3.05) is 5.43 Å². The van der Waals surface area contributed by atoms with Gasteiger partial charge in [0, 0.05) is 5.39 Å². The number of fused-ring (bicyclic) bond motifs is 1. The molecule has 2 aromatic rings. The number of hydrogen-bond donors (Lipinski definition) is 8. The smallest absolute Gasteiger partial charge is 0.335 e. The lowest BCUT2D eigenvalue weighted by molar-refractivity contribution is -0.270. The number of aliphatic hydroxyl groups is 4. The summed E-state index contributed by atoms with van der Waals surface area (Å²) < 4.78 is 10.9. The maximum Gasteiger partial charge on any atom is 0.335 e. The first kappa shape index (κ1) is 20.2. The summed E-state index contributed by atoms with van der Waals surface area (Å²) in [7, 11) is 0. The number of anilines is 1. The number of carboxylic acids is 1. The molecule has 1 fully saturated rings. The zero-order valence-corrected chi connectivity index (χ0v) is 14.5. The zero-order valence-electron chi connectivity index (χ0n) is 14.5. The highest BCUT2D eigenvalue weighted by atomic mass is 16.7. The van der Waals surface area contributed by atoms with Crippen molar-refractivity contribution in [3.8, 4) is 5.75 Å². The van der Waals surface area contributed by atoms with E-state index in [-0.39, 0.29) is 5.75 Å². The van der Waals surface area contributed by atoms with Gasteiger partial charge in [0.15, 0.2) is 18.2 Å². The van der Waals surface area contributed by atoms with Gasteiger partial charge in [-0.3, -0.25) is 5.73 Å². The molecule has 0 aliphatic carbocycles. The van der Waals surface area contributed by atoms with Gasteiger partial charge in [0.1, 0.15) is 18.3 Å². The molecule has 6 atom stereocenters. The molecule has 3 rings (SSSR count). The van der Waals surface area contributed by atoms with Crippen LogP contribution in [0.3, 0.4) is 0 Å². The van der Waals surface area contributed by atoms with E-state index in [9.17, 15) is 30.3 Å². The van der Waals surface area contributed by atoms with Crippen LogP contribution in [0.1, 0.15) is 0 Å². The number of aliphatic carboxylic acids is 1. The van der Waals surface area contributed by atoms with Crippen LogP contribution >= 0.6 is 0 Å². The highest BCUT2D eigenvalue weighted by Crippen LogP contribution is 2.36. The molecule has 11 heteroatoms. The van der Waals surface area contributed by atoms with E-state index in [0.29, 0.717) is 11.1 Å². The molecule has 9 N–H and O–H groups in total. The van der Waals surface area contributed by atoms with Crippen LogP contribution in [0, 0.1) is 0 Å². The second kappa shape index (κ2) is 8.24. The predicted octanol–water partition coefficient (Wildman–Crippen LogP) is -1.74. The third kappa shape index (κ3) is 4.00. The van der Waals surface area contributed by atoms with Crippen molar-refractivity contribution in [3.05, 3.63) is 36.4 Å². The third-order valence-electron chi connectivity index (χ3n) is 4.28. The summed E-state index contributed by atoms with van der Waals surface area (Å²) in [6.45, 7) is 0. The lowest BCUT2D eigenvalue weighted by Gasteiger charge is -2.38. The van der Waals surface area contributed by atoms with Crippen molar-refractivity contribution in [3.63, 3.8) is 0 Å². The van der Waals surface area contributed by atoms with E-state index in [4.69, 9.17) is 15.2 Å². The highest BCUT2D eigenvalue weighted by Gasteiger charge is 2.48. The Hall–Kier alpha value is -2.51. The number of carbonyl (C=O) groups is 1. The molecule has 0 radical (unpaired) electrons. The van der Waals surface area contributed by atoms with E-state index in [2.05, 4.69) is 10.9 Å². The normalized spacial score (nSPS) is 28.7. The minimum atomic E-state index is -1.83. The molecule has 152 valence electrons. The number of aliphatic hydroxyl groups excluding tert-OH is 4. The maximum atomic E-state index is 11.3. The van der Waals surface area contributed by atoms with Crippen molar-refractivity contribution in [2.45, 2.75) is 37.1 Å². The Kier molecular flexibility index (Phi) is 5.96. The van der Waals surface area contributed by atoms with Crippen LogP contribution in [0.2, 0.25) is 0 Å². The van der Waals surface area contributed by atoms with Gasteiger partial charge < -0.3 is 40.4 Å². The van der Waals surface area contributed by atoms with Gasteiger partial charge in [-0.1, -0.05) is 30.3 Å². The topological polar surface area (TPSA) is 187 Å². The van der Waals surface area contributed by atoms with Crippen molar-refractivity contribution >= 4 is 22.4 Å². The molecule has 28 heavy (non-hydrogen) atoms. The van der Waals surface area contributed by atoms with Gasteiger partial charge in [0.25, 0.3) is 0 Å². The lowest BCUT2D eigenvalue weighted by Crippen LogP contribution is -2.61. The van der Waals surface area contributed by atoms with Crippen molar-refractivity contribution in [1.29, 1.82) is 0 Å². The summed E-state index contributed by atoms with van der Waals surface area (Å²) in [5, 5.41) is 49.7. The molecular weight excluding hydrogens is 374 g/mol. The van der Waals surface area contributed by atoms with Crippen molar-refractivity contribution < 1.29 is 39.8 Å². The van der Waals surface area contributed by atoms with Crippen LogP contribution in [0.25, 0.3) is 10.8 Å². The summed E-state index contributed by atoms with van der Waals surface area (Å²) >= 11 is 0. The Morgan fingerprint density at radius 2 is 1.82 bits per heavy atom. The molecule has 1 heterocycles. The maximum absolute atomic E-state index is 11.3. The van der Waals surface area contributed by atoms with Crippen LogP contribution in [0.4, 0.5) is 5.69 Å². The van der Waals surface area contributed by atoms with Gasteiger partial charge >= 0.3 is 5.97 Å². The molecule has 0 spiro atoms. The standard InChI is InChI=1S/C17H21N3O8/c18-17(26)20-19-9-6-5-7-3-1-2-4-8(7)13(9)27-16-12(23)10(21)11(22)14(28-16)15(24)25/h1-6,10-12,14,16-17,19-23,26H,18H2,(H,24,25). The minimum absolute atomic E-state index is 0.142. The lowest BCUT2D eigenvalue weighted by atomic mass is 9.99. The summed E-state index contributed by atoms with van der Waals surface area (Å²) in [5.41, 5.74) is 10.6. The first-order valence-corrected chi connectivity index (χ1v) is 8.35. The number of hydrazine groups is 1. The molecule has 0 bridgehead atoms. The van der Waals surface area contributed by atoms with E-state index in [0.717, 1.165) is 5.39 Å². The van der Waals surface area contributed by atoms with Gasteiger partial charge in [-0.25, -0.2) is 4.79 Å². The molecular formula is C17H21N3O8. The summed E-state index contributed by atoms with van der Waals surface area (Å²) in [4.78, 5) is 11.3. The highest BCUT2D eigenvalue weighted by molar-refractivity contribution is 5.93. The van der Waals surface area contributed by atoms with E-state index in [1.54, 1.807) is 36.4 Å². The summed E-state index contributed by atoms with van der Waals surface area (Å²) in [5.74, 6) is -1.38. The van der Waals surface area contributed by atoms with Crippen LogP contribution in [0.5, 0.6) is 5.75 Å². The van der Waals surface area contributed by atoms with Gasteiger partial charge in [0.05, 0.1) is 5.69 Å². The molecule has 11 nitrogen and oxygen atoms in total. The monoisotopic (exact) mass is 395 g/mol. The molecule has 0 saturated carbocycles. The number of benzene rings is 2. The van der Waals surface area contributed by atoms with Crippen LogP contribution in [-0.2, 0) is 9.53 Å². The largest absolute Gasteiger partial charge is 0.479 e. The van der Waals surface area contributed by atoms with Crippen LogP contribution in [0.15, 0.2) is 36.4 Å². The first-order chi connectivity index (χ1) is 13.3. The minimum Gasteiger partial charge on any atom is -0.479 e. The van der Waals surface area contributed by atoms with E-state index in [1.807, 2.05) is 0 Å². The second-order valence-corrected chi connectivity index (χ2v) is 6.23. The number of carboxylic acid groups (broad SMARTS) is 1. The van der Waals surface area contributed by atoms with Gasteiger partial charge in [0.2, 0.25) is 6.29 Å². The molecule has 1 saturated heterocycles. The van der Waals surface area contributed by atoms with E-state index < -0.39 is 43.0 Å². The quantitative estimate of drug-likeness (QED) is 0.205. The number of hydrogen-bond acceptors (Lipinski definition) is 10. The zero-order chi connectivity index (χ0) is 20.4. The predicted molar refractivity (Wildman–Crippen MR) is 95.8 cm³/mol. The van der Waals surface area contributed by atoms with Gasteiger partial charge in [-0.15, -0.1) is 0 Å². The Balaban J connectivity index is 1.97. The van der Waals surface area contributed by atoms with Crippen LogP contribution < -0.4 is 21.3 Å². The second-order valence-electron chi connectivity index (χ2n) is 6.23. The fourth-order valence-electron chi connectivity index (χ4n) is 2.89. The van der Waals surface area contributed by atoms with Gasteiger partial charge in [-0.2, -0.15) is 5.43 Å². The Bertz CT molecular complexity index is 848. The Morgan fingerprint density at radius 3 is 2.50 bits per heavy atom. The molecule has 0 aromatic heterocycles. The number of nitrogens with two attached hydrogens (primary N) is 1. The molecule has 6 unspecified atom stereocenters. The molecule has 2 aromatic carbocycles. The molecule has 1 aliphatic rings. The third-order valence-corrected chi connectivity index (χ3v) is 4.28. The number of nitrogens with one attached hydrogen (secondary N) is 2. The molecule has 1 aliphatic heterocycles. The summed E-state index contributed by atoms with van der Waals surface area (Å²) in [6.07, 6.45) is -10.1. The van der Waals surface area contributed by atoms with E-state index in [1.165, 1.54) is 0 Å². The van der Waals surface area contributed by atoms with Gasteiger partial charge in [-0.05, 0) is 11.5 Å². The average molecular weight is 395 g/mol. The summed E-state index contributed by atoms with van der Waals surface area (Å²) in [6, 6.07) is 10.4. The fraction of sp³-hybridized carbons (Fsp3) is 0.353. The number of ether oxygens (including phenoxy) is 2. The van der Waals surface area contributed by atoms with Crippen LogP contribution in [-0.4, -0.2) is 68.6 Å².